The highest BCUT2D eigenvalue weighted by Gasteiger charge is 2.35. The van der Waals surface area contributed by atoms with E-state index in [4.69, 9.17) is 11.6 Å². The molecule has 2 aliphatic rings. The van der Waals surface area contributed by atoms with Crippen LogP contribution in [0.4, 0.5) is 0 Å². The van der Waals surface area contributed by atoms with Crippen LogP contribution in [0.1, 0.15) is 37.4 Å². The lowest BCUT2D eigenvalue weighted by atomic mass is 10.1. The van der Waals surface area contributed by atoms with Crippen molar-refractivity contribution in [3.05, 3.63) is 17.2 Å². The lowest BCUT2D eigenvalue weighted by Crippen LogP contribution is -2.52. The molecule has 0 radical (unpaired) electrons. The van der Waals surface area contributed by atoms with Crippen LogP contribution in [0, 0.1) is 0 Å². The van der Waals surface area contributed by atoms with Crippen LogP contribution in [0.15, 0.2) is 6.33 Å². The first-order valence-electron chi connectivity index (χ1n) is 7.95. The number of carbonyl (C=O) groups is 1. The molecule has 6 nitrogen and oxygen atoms in total. The van der Waals surface area contributed by atoms with E-state index in [1.165, 1.54) is 25.7 Å². The van der Waals surface area contributed by atoms with Crippen molar-refractivity contribution in [3.8, 4) is 0 Å². The molecule has 1 aromatic rings. The number of rotatable bonds is 4. The summed E-state index contributed by atoms with van der Waals surface area (Å²) in [6, 6.07) is -0.0172. The molecule has 22 heavy (non-hydrogen) atoms. The fourth-order valence-electron chi connectivity index (χ4n) is 3.79. The molecule has 0 amide bonds. The van der Waals surface area contributed by atoms with Gasteiger partial charge in [0, 0.05) is 39.3 Å². The van der Waals surface area contributed by atoms with Crippen LogP contribution < -0.4 is 0 Å². The molecule has 1 aliphatic carbocycles. The van der Waals surface area contributed by atoms with Crippen molar-refractivity contribution in [2.45, 2.75) is 37.8 Å². The summed E-state index contributed by atoms with van der Waals surface area (Å²) in [6.45, 7) is 3.39. The van der Waals surface area contributed by atoms with Gasteiger partial charge in [0.05, 0.1) is 12.0 Å². The zero-order valence-corrected chi connectivity index (χ0v) is 13.7. The molecule has 2 heterocycles. The SMILES string of the molecule is Cn1cnc(Cl)c1C(C(=O)O)N1CCN(C2CCCC2)CC1. The van der Waals surface area contributed by atoms with Crippen LogP contribution >= 0.6 is 11.6 Å². The van der Waals surface area contributed by atoms with Crippen LogP contribution in [0.5, 0.6) is 0 Å². The van der Waals surface area contributed by atoms with Gasteiger partial charge in [-0.25, -0.2) is 4.98 Å². The average molecular weight is 327 g/mol. The highest BCUT2D eigenvalue weighted by molar-refractivity contribution is 6.30. The summed E-state index contributed by atoms with van der Waals surface area (Å²) in [7, 11) is 1.79. The van der Waals surface area contributed by atoms with Crippen molar-refractivity contribution in [3.63, 3.8) is 0 Å². The van der Waals surface area contributed by atoms with Gasteiger partial charge in [-0.1, -0.05) is 24.4 Å². The van der Waals surface area contributed by atoms with Crippen LogP contribution in [-0.2, 0) is 11.8 Å². The van der Waals surface area contributed by atoms with Crippen molar-refractivity contribution < 1.29 is 9.90 Å². The van der Waals surface area contributed by atoms with E-state index < -0.39 is 12.0 Å². The van der Waals surface area contributed by atoms with E-state index in [-0.39, 0.29) is 5.15 Å². The summed E-state index contributed by atoms with van der Waals surface area (Å²) in [5.41, 5.74) is 0.573. The van der Waals surface area contributed by atoms with E-state index in [0.29, 0.717) is 11.7 Å². The number of aryl methyl sites for hydroxylation is 1. The average Bonchev–Trinajstić information content (AvgIpc) is 3.13. The third kappa shape index (κ3) is 3.00. The monoisotopic (exact) mass is 326 g/mol. The Balaban J connectivity index is 1.71. The van der Waals surface area contributed by atoms with Crippen molar-refractivity contribution in [1.82, 2.24) is 19.4 Å². The van der Waals surface area contributed by atoms with Crippen LogP contribution in [-0.4, -0.2) is 62.6 Å². The maximum absolute atomic E-state index is 11.8. The lowest BCUT2D eigenvalue weighted by Gasteiger charge is -2.40. The highest BCUT2D eigenvalue weighted by atomic mass is 35.5. The number of carboxylic acid groups (broad SMARTS) is 1. The molecule has 7 heteroatoms. The maximum Gasteiger partial charge on any atom is 0.327 e. The number of nitrogens with zero attached hydrogens (tertiary/aromatic N) is 4. The lowest BCUT2D eigenvalue weighted by molar-refractivity contribution is -0.144. The molecule has 1 atom stereocenters. The molecule has 1 N–H and O–H groups in total. The number of aromatic nitrogens is 2. The molecular formula is C15H23ClN4O2. The molecule has 2 fully saturated rings. The van der Waals surface area contributed by atoms with E-state index in [2.05, 4.69) is 9.88 Å². The Bertz CT molecular complexity index is 514. The van der Waals surface area contributed by atoms with E-state index >= 15 is 0 Å². The molecular weight excluding hydrogens is 304 g/mol. The van der Waals surface area contributed by atoms with Crippen LogP contribution in [0.3, 0.4) is 0 Å². The first-order valence-corrected chi connectivity index (χ1v) is 8.33. The summed E-state index contributed by atoms with van der Waals surface area (Å²) in [4.78, 5) is 20.3. The molecule has 1 saturated heterocycles. The first-order chi connectivity index (χ1) is 10.6. The summed E-state index contributed by atoms with van der Waals surface area (Å²) in [5, 5.41) is 9.95. The Morgan fingerprint density at radius 3 is 2.45 bits per heavy atom. The van der Waals surface area contributed by atoms with Gasteiger partial charge in [-0.05, 0) is 12.8 Å². The molecule has 0 bridgehead atoms. The molecule has 1 aliphatic heterocycles. The summed E-state index contributed by atoms with van der Waals surface area (Å²) < 4.78 is 1.71. The smallest absolute Gasteiger partial charge is 0.327 e. The minimum absolute atomic E-state index is 0.285. The number of halogens is 1. The van der Waals surface area contributed by atoms with Gasteiger partial charge in [0.25, 0.3) is 0 Å². The van der Waals surface area contributed by atoms with Gasteiger partial charge in [0.15, 0.2) is 11.2 Å². The normalized spacial score (nSPS) is 23.0. The predicted octanol–water partition coefficient (Wildman–Crippen LogP) is 1.76. The Labute approximate surface area is 135 Å². The van der Waals surface area contributed by atoms with Gasteiger partial charge in [0.2, 0.25) is 0 Å². The number of imidazole rings is 1. The Morgan fingerprint density at radius 2 is 1.95 bits per heavy atom. The maximum atomic E-state index is 11.8. The van der Waals surface area contributed by atoms with Gasteiger partial charge in [-0.15, -0.1) is 0 Å². The molecule has 0 aromatic carbocycles. The van der Waals surface area contributed by atoms with E-state index in [1.54, 1.807) is 17.9 Å². The highest BCUT2D eigenvalue weighted by Crippen LogP contribution is 2.29. The van der Waals surface area contributed by atoms with E-state index in [1.807, 2.05) is 4.90 Å². The second kappa shape index (κ2) is 6.56. The van der Waals surface area contributed by atoms with E-state index in [0.717, 1.165) is 26.2 Å². The third-order valence-corrected chi connectivity index (χ3v) is 5.27. The van der Waals surface area contributed by atoms with Gasteiger partial charge in [-0.2, -0.15) is 0 Å². The first kappa shape index (κ1) is 15.8. The standard InChI is InChI=1S/C15H23ClN4O2/c1-18-10-17-14(16)12(18)13(15(21)22)20-8-6-19(7-9-20)11-4-2-3-5-11/h10-11,13H,2-9H2,1H3,(H,21,22). The zero-order chi connectivity index (χ0) is 15.7. The fraction of sp³-hybridized carbons (Fsp3) is 0.733. The summed E-state index contributed by atoms with van der Waals surface area (Å²) in [6.07, 6.45) is 6.80. The van der Waals surface area contributed by atoms with Gasteiger partial charge < -0.3 is 9.67 Å². The number of aliphatic carboxylic acids is 1. The summed E-state index contributed by atoms with van der Waals surface area (Å²) >= 11 is 6.10. The Hall–Kier alpha value is -1.11. The number of piperazine rings is 1. The largest absolute Gasteiger partial charge is 0.480 e. The summed E-state index contributed by atoms with van der Waals surface area (Å²) in [5.74, 6) is -0.861. The van der Waals surface area contributed by atoms with Gasteiger partial charge in [0.1, 0.15) is 0 Å². The second-order valence-corrected chi connectivity index (χ2v) is 6.64. The van der Waals surface area contributed by atoms with Crippen molar-refractivity contribution in [2.24, 2.45) is 7.05 Å². The minimum atomic E-state index is -0.861. The number of carboxylic acids is 1. The minimum Gasteiger partial charge on any atom is -0.480 e. The molecule has 3 rings (SSSR count). The predicted molar refractivity (Wildman–Crippen MR) is 84.0 cm³/mol. The van der Waals surface area contributed by atoms with Gasteiger partial charge in [-0.3, -0.25) is 14.6 Å². The van der Waals surface area contributed by atoms with Crippen LogP contribution in [0.25, 0.3) is 0 Å². The molecule has 1 aromatic heterocycles. The molecule has 1 unspecified atom stereocenters. The Kier molecular flexibility index (Phi) is 4.70. The number of hydrogen-bond acceptors (Lipinski definition) is 4. The quantitative estimate of drug-likeness (QED) is 0.913. The van der Waals surface area contributed by atoms with Crippen LogP contribution in [0.2, 0.25) is 5.15 Å². The second-order valence-electron chi connectivity index (χ2n) is 6.28. The van der Waals surface area contributed by atoms with Crippen molar-refractivity contribution in [2.75, 3.05) is 26.2 Å². The van der Waals surface area contributed by atoms with E-state index in [9.17, 15) is 9.90 Å². The third-order valence-electron chi connectivity index (χ3n) is 4.98. The topological polar surface area (TPSA) is 61.6 Å². The molecule has 122 valence electrons. The zero-order valence-electron chi connectivity index (χ0n) is 12.9. The van der Waals surface area contributed by atoms with Gasteiger partial charge >= 0.3 is 5.97 Å². The Morgan fingerprint density at radius 1 is 1.32 bits per heavy atom. The molecule has 0 spiro atoms. The van der Waals surface area contributed by atoms with Crippen molar-refractivity contribution in [1.29, 1.82) is 0 Å². The number of hydrogen-bond donors (Lipinski definition) is 1. The fourth-order valence-corrected chi connectivity index (χ4v) is 4.07. The molecule has 1 saturated carbocycles. The van der Waals surface area contributed by atoms with Crippen molar-refractivity contribution >= 4 is 17.6 Å².